The van der Waals surface area contributed by atoms with E-state index < -0.39 is 17.7 Å². The minimum atomic E-state index is -0.682. The first-order valence-corrected chi connectivity index (χ1v) is 11.3. The lowest BCUT2D eigenvalue weighted by Gasteiger charge is -2.26. The van der Waals surface area contributed by atoms with Gasteiger partial charge in [-0.25, -0.2) is 0 Å². The zero-order chi connectivity index (χ0) is 23.9. The monoisotopic (exact) mass is 446 g/mol. The van der Waals surface area contributed by atoms with Crippen molar-refractivity contribution in [3.8, 4) is 5.75 Å². The molecule has 0 spiro atoms. The molecule has 2 N–H and O–H groups in total. The summed E-state index contributed by atoms with van der Waals surface area (Å²) >= 11 is 0. The standard InChI is InChI=1S/C27H30N2O4/c1-6-7-12-29-23(21-17(4)28-20-11-9-8-10-18(20)21)22(25(31)27(29)32)24(30)19-14-15(2)13-16(3)26(19)33-5/h8-11,13-14,23,28,30H,6-7,12H2,1-5H3/b24-22+. The van der Waals surface area contributed by atoms with Crippen molar-refractivity contribution in [2.75, 3.05) is 13.7 Å². The van der Waals surface area contributed by atoms with Gasteiger partial charge in [-0.2, -0.15) is 0 Å². The molecule has 0 aliphatic carbocycles. The fourth-order valence-corrected chi connectivity index (χ4v) is 4.94. The van der Waals surface area contributed by atoms with Crippen molar-refractivity contribution < 1.29 is 19.4 Å². The average Bonchev–Trinajstić information content (AvgIpc) is 3.23. The molecule has 0 saturated carbocycles. The van der Waals surface area contributed by atoms with Crippen LogP contribution in [-0.4, -0.2) is 40.3 Å². The molecule has 1 aliphatic rings. The van der Waals surface area contributed by atoms with Crippen molar-refractivity contribution in [1.29, 1.82) is 0 Å². The number of aryl methyl sites for hydroxylation is 3. The van der Waals surface area contributed by atoms with Crippen LogP contribution >= 0.6 is 0 Å². The lowest BCUT2D eigenvalue weighted by atomic mass is 9.92. The van der Waals surface area contributed by atoms with Crippen LogP contribution in [0.1, 0.15) is 53.8 Å². The molecule has 3 aromatic rings. The van der Waals surface area contributed by atoms with E-state index in [1.165, 1.54) is 7.11 Å². The van der Waals surface area contributed by atoms with E-state index >= 15 is 0 Å². The van der Waals surface area contributed by atoms with Crippen LogP contribution in [0.4, 0.5) is 0 Å². The van der Waals surface area contributed by atoms with Gasteiger partial charge in [-0.3, -0.25) is 9.59 Å². The van der Waals surface area contributed by atoms with Crippen LogP contribution < -0.4 is 4.74 Å². The Hall–Kier alpha value is -3.54. The number of hydrogen-bond acceptors (Lipinski definition) is 4. The Balaban J connectivity index is 2.03. The number of Topliss-reactive ketones (excluding diaryl/α,β-unsaturated/α-hetero) is 1. The number of H-pyrrole nitrogens is 1. The SMILES string of the molecule is CCCCN1C(=O)C(=O)/C(=C(/O)c2cc(C)cc(C)c2OC)C1c1c(C)[nH]c2ccccc12. The van der Waals surface area contributed by atoms with Crippen LogP contribution in [0.15, 0.2) is 42.0 Å². The summed E-state index contributed by atoms with van der Waals surface area (Å²) in [5.74, 6) is -0.958. The van der Waals surface area contributed by atoms with Gasteiger partial charge in [-0.15, -0.1) is 0 Å². The number of amides is 1. The van der Waals surface area contributed by atoms with Crippen molar-refractivity contribution in [3.05, 3.63) is 69.9 Å². The molecule has 2 aromatic carbocycles. The fourth-order valence-electron chi connectivity index (χ4n) is 4.94. The van der Waals surface area contributed by atoms with E-state index in [9.17, 15) is 14.7 Å². The first-order valence-electron chi connectivity index (χ1n) is 11.3. The summed E-state index contributed by atoms with van der Waals surface area (Å²) in [5.41, 5.74) is 4.93. The van der Waals surface area contributed by atoms with Crippen molar-refractivity contribution in [3.63, 3.8) is 0 Å². The normalized spacial score (nSPS) is 17.8. The van der Waals surface area contributed by atoms with Crippen LogP contribution in [0.2, 0.25) is 0 Å². The van der Waals surface area contributed by atoms with Crippen LogP contribution in [0.5, 0.6) is 5.75 Å². The van der Waals surface area contributed by atoms with Crippen molar-refractivity contribution in [1.82, 2.24) is 9.88 Å². The number of aromatic nitrogens is 1. The maximum atomic E-state index is 13.4. The molecule has 6 heteroatoms. The minimum absolute atomic E-state index is 0.104. The molecule has 1 fully saturated rings. The van der Waals surface area contributed by atoms with Gasteiger partial charge in [-0.1, -0.05) is 37.6 Å². The van der Waals surface area contributed by atoms with Crippen molar-refractivity contribution in [2.45, 2.75) is 46.6 Å². The highest BCUT2D eigenvalue weighted by molar-refractivity contribution is 6.46. The smallest absolute Gasteiger partial charge is 0.295 e. The first kappa shape index (κ1) is 22.6. The minimum Gasteiger partial charge on any atom is -0.507 e. The molecule has 1 amide bonds. The Labute approximate surface area is 193 Å². The second-order valence-corrected chi connectivity index (χ2v) is 8.72. The Morgan fingerprint density at radius 2 is 1.88 bits per heavy atom. The fraction of sp³-hybridized carbons (Fsp3) is 0.333. The third-order valence-corrected chi connectivity index (χ3v) is 6.39. The zero-order valence-corrected chi connectivity index (χ0v) is 19.8. The molecule has 1 atom stereocenters. The molecule has 4 rings (SSSR count). The molecule has 6 nitrogen and oxygen atoms in total. The van der Waals surface area contributed by atoms with Gasteiger partial charge in [0, 0.05) is 28.7 Å². The summed E-state index contributed by atoms with van der Waals surface area (Å²) in [5, 5.41) is 12.5. The number of para-hydroxylation sites is 1. The van der Waals surface area contributed by atoms with Crippen molar-refractivity contribution in [2.24, 2.45) is 0 Å². The molecule has 0 radical (unpaired) electrons. The first-order chi connectivity index (χ1) is 15.8. The molecule has 1 aliphatic heterocycles. The zero-order valence-electron chi connectivity index (χ0n) is 19.8. The number of fused-ring (bicyclic) bond motifs is 1. The number of ketones is 1. The van der Waals surface area contributed by atoms with E-state index in [2.05, 4.69) is 4.98 Å². The number of aliphatic hydroxyl groups is 1. The molecule has 33 heavy (non-hydrogen) atoms. The van der Waals surface area contributed by atoms with Gasteiger partial charge in [0.25, 0.3) is 11.7 Å². The van der Waals surface area contributed by atoms with Crippen LogP contribution in [-0.2, 0) is 9.59 Å². The van der Waals surface area contributed by atoms with Gasteiger partial charge >= 0.3 is 0 Å². The summed E-state index contributed by atoms with van der Waals surface area (Å²) in [7, 11) is 1.54. The van der Waals surface area contributed by atoms with Crippen LogP contribution in [0.25, 0.3) is 16.7 Å². The molecule has 172 valence electrons. The highest BCUT2D eigenvalue weighted by Crippen LogP contribution is 2.44. The third kappa shape index (κ3) is 3.69. The van der Waals surface area contributed by atoms with Gasteiger partial charge in [-0.05, 0) is 50.5 Å². The second-order valence-electron chi connectivity index (χ2n) is 8.72. The number of aromatic amines is 1. The van der Waals surface area contributed by atoms with E-state index in [-0.39, 0.29) is 11.3 Å². The number of likely N-dealkylation sites (tertiary alicyclic amines) is 1. The Morgan fingerprint density at radius 3 is 2.58 bits per heavy atom. The highest BCUT2D eigenvalue weighted by atomic mass is 16.5. The molecular formula is C27H30N2O4. The average molecular weight is 447 g/mol. The largest absolute Gasteiger partial charge is 0.507 e. The Bertz CT molecular complexity index is 1280. The number of carbonyl (C=O) groups is 2. The predicted molar refractivity (Wildman–Crippen MR) is 129 cm³/mol. The van der Waals surface area contributed by atoms with Crippen LogP contribution in [0, 0.1) is 20.8 Å². The highest BCUT2D eigenvalue weighted by Gasteiger charge is 2.47. The van der Waals surface area contributed by atoms with E-state index in [0.717, 1.165) is 46.1 Å². The van der Waals surface area contributed by atoms with Crippen molar-refractivity contribution >= 4 is 28.4 Å². The van der Waals surface area contributed by atoms with Gasteiger partial charge in [0.05, 0.1) is 24.3 Å². The number of methoxy groups -OCH3 is 1. The van der Waals surface area contributed by atoms with E-state index in [1.807, 2.05) is 58.0 Å². The summed E-state index contributed by atoms with van der Waals surface area (Å²) < 4.78 is 5.58. The Morgan fingerprint density at radius 1 is 1.15 bits per heavy atom. The maximum Gasteiger partial charge on any atom is 0.295 e. The quantitative estimate of drug-likeness (QED) is 0.305. The van der Waals surface area contributed by atoms with E-state index in [4.69, 9.17) is 4.74 Å². The molecular weight excluding hydrogens is 416 g/mol. The number of unbranched alkanes of at least 4 members (excludes halogenated alkanes) is 1. The predicted octanol–water partition coefficient (Wildman–Crippen LogP) is 5.32. The number of ether oxygens (including phenoxy) is 1. The number of nitrogens with one attached hydrogen (secondary N) is 1. The lowest BCUT2D eigenvalue weighted by Crippen LogP contribution is -2.30. The van der Waals surface area contributed by atoms with Crippen LogP contribution in [0.3, 0.4) is 0 Å². The molecule has 0 bridgehead atoms. The lowest BCUT2D eigenvalue weighted by molar-refractivity contribution is -0.139. The second kappa shape index (κ2) is 8.77. The number of nitrogens with zero attached hydrogens (tertiary/aromatic N) is 1. The van der Waals surface area contributed by atoms with Gasteiger partial charge < -0.3 is 19.7 Å². The molecule has 1 saturated heterocycles. The molecule has 1 unspecified atom stereocenters. The topological polar surface area (TPSA) is 82.6 Å². The number of aliphatic hydroxyl groups excluding tert-OH is 1. The molecule has 1 aromatic heterocycles. The van der Waals surface area contributed by atoms with Gasteiger partial charge in [0.15, 0.2) is 0 Å². The summed E-state index contributed by atoms with van der Waals surface area (Å²) in [4.78, 5) is 31.5. The van der Waals surface area contributed by atoms with Gasteiger partial charge in [0.1, 0.15) is 11.5 Å². The Kier molecular flexibility index (Phi) is 6.02. The summed E-state index contributed by atoms with van der Waals surface area (Å²) in [6.07, 6.45) is 1.64. The number of hydrogen-bond donors (Lipinski definition) is 2. The van der Waals surface area contributed by atoms with E-state index in [0.29, 0.717) is 17.9 Å². The molecule has 2 heterocycles. The summed E-state index contributed by atoms with van der Waals surface area (Å²) in [6, 6.07) is 10.9. The third-order valence-electron chi connectivity index (χ3n) is 6.39. The number of carbonyl (C=O) groups excluding carboxylic acids is 2. The van der Waals surface area contributed by atoms with E-state index in [1.54, 1.807) is 11.0 Å². The van der Waals surface area contributed by atoms with Gasteiger partial charge in [0.2, 0.25) is 0 Å². The summed E-state index contributed by atoms with van der Waals surface area (Å²) in [6.45, 7) is 8.23. The number of benzene rings is 2. The maximum absolute atomic E-state index is 13.4. The number of rotatable bonds is 6.